The van der Waals surface area contributed by atoms with Gasteiger partial charge in [-0.25, -0.2) is 14.4 Å². The molecule has 0 saturated heterocycles. The fourth-order valence-corrected chi connectivity index (χ4v) is 1.66. The molecule has 0 spiro atoms. The molecule has 0 amide bonds. The van der Waals surface area contributed by atoms with Crippen LogP contribution in [-0.2, 0) is 0 Å². The summed E-state index contributed by atoms with van der Waals surface area (Å²) < 4.78 is 12.6. The molecule has 17 heavy (non-hydrogen) atoms. The van der Waals surface area contributed by atoms with Crippen molar-refractivity contribution < 1.29 is 9.31 Å². The van der Waals surface area contributed by atoms with Gasteiger partial charge in [-0.3, -0.25) is 10.1 Å². The van der Waals surface area contributed by atoms with Crippen LogP contribution in [0.5, 0.6) is 0 Å². The van der Waals surface area contributed by atoms with Crippen molar-refractivity contribution in [2.24, 2.45) is 4.99 Å². The third kappa shape index (κ3) is 2.91. The van der Waals surface area contributed by atoms with Gasteiger partial charge in [0, 0.05) is 6.21 Å². The van der Waals surface area contributed by atoms with Gasteiger partial charge in [0.25, 0.3) is 0 Å². The Hall–Kier alpha value is -2.15. The van der Waals surface area contributed by atoms with E-state index in [0.717, 1.165) is 17.5 Å². The standard InChI is InChI=1S/C10H6FN3O2S/c11-8-3-1-7(2-4-8)5-12-10-13-6-9(17-10)14(15)16/h1-6H/b12-5-. The molecular formula is C10H6FN3O2S. The Morgan fingerprint density at radius 2 is 2.12 bits per heavy atom. The monoisotopic (exact) mass is 251 g/mol. The average Bonchev–Trinajstić information content (AvgIpc) is 2.77. The maximum Gasteiger partial charge on any atom is 0.345 e. The maximum absolute atomic E-state index is 12.6. The Morgan fingerprint density at radius 1 is 1.41 bits per heavy atom. The number of thiazole rings is 1. The fraction of sp³-hybridized carbons (Fsp3) is 0. The van der Waals surface area contributed by atoms with E-state index in [1.165, 1.54) is 18.3 Å². The zero-order chi connectivity index (χ0) is 12.3. The van der Waals surface area contributed by atoms with Crippen molar-refractivity contribution in [3.05, 3.63) is 52.0 Å². The Kier molecular flexibility index (Phi) is 3.20. The summed E-state index contributed by atoms with van der Waals surface area (Å²) in [6.45, 7) is 0. The van der Waals surface area contributed by atoms with Gasteiger partial charge in [0.15, 0.2) is 0 Å². The first kappa shape index (κ1) is 11.3. The van der Waals surface area contributed by atoms with Crippen LogP contribution < -0.4 is 0 Å². The lowest BCUT2D eigenvalue weighted by Gasteiger charge is -1.90. The first-order valence-electron chi connectivity index (χ1n) is 4.55. The Bertz CT molecular complexity index is 565. The highest BCUT2D eigenvalue weighted by Gasteiger charge is 2.09. The van der Waals surface area contributed by atoms with Crippen molar-refractivity contribution in [2.45, 2.75) is 0 Å². The van der Waals surface area contributed by atoms with Crippen molar-refractivity contribution in [1.29, 1.82) is 0 Å². The summed E-state index contributed by atoms with van der Waals surface area (Å²) in [5.41, 5.74) is 0.698. The minimum Gasteiger partial charge on any atom is -0.257 e. The fourth-order valence-electron chi connectivity index (χ4n) is 1.08. The third-order valence-corrected chi connectivity index (χ3v) is 2.71. The van der Waals surface area contributed by atoms with Crippen LogP contribution in [0.3, 0.4) is 0 Å². The molecule has 2 rings (SSSR count). The topological polar surface area (TPSA) is 68.4 Å². The molecule has 0 radical (unpaired) electrons. The Morgan fingerprint density at radius 3 is 2.71 bits per heavy atom. The molecular weight excluding hydrogens is 245 g/mol. The second-order valence-corrected chi connectivity index (χ2v) is 4.04. The van der Waals surface area contributed by atoms with Gasteiger partial charge < -0.3 is 0 Å². The number of nitrogens with zero attached hydrogens (tertiary/aromatic N) is 3. The molecule has 86 valence electrons. The van der Waals surface area contributed by atoms with Gasteiger partial charge >= 0.3 is 5.00 Å². The molecule has 1 heterocycles. The van der Waals surface area contributed by atoms with E-state index in [0.29, 0.717) is 10.7 Å². The third-order valence-electron chi connectivity index (χ3n) is 1.86. The summed E-state index contributed by atoms with van der Waals surface area (Å²) in [6.07, 6.45) is 2.63. The zero-order valence-electron chi connectivity index (χ0n) is 8.41. The second-order valence-electron chi connectivity index (χ2n) is 3.05. The van der Waals surface area contributed by atoms with E-state index in [4.69, 9.17) is 0 Å². The number of rotatable bonds is 3. The number of halogens is 1. The van der Waals surface area contributed by atoms with E-state index in [1.54, 1.807) is 12.1 Å². The minimum atomic E-state index is -0.519. The predicted molar refractivity (Wildman–Crippen MR) is 62.4 cm³/mol. The van der Waals surface area contributed by atoms with Gasteiger partial charge in [0.2, 0.25) is 5.13 Å². The summed E-state index contributed by atoms with van der Waals surface area (Å²) in [5.74, 6) is -0.327. The normalized spacial score (nSPS) is 10.9. The first-order chi connectivity index (χ1) is 8.15. The smallest absolute Gasteiger partial charge is 0.257 e. The summed E-state index contributed by atoms with van der Waals surface area (Å²) in [4.78, 5) is 17.6. The summed E-state index contributed by atoms with van der Waals surface area (Å²) >= 11 is 0.881. The molecule has 1 aromatic carbocycles. The van der Waals surface area contributed by atoms with Gasteiger partial charge in [-0.2, -0.15) is 0 Å². The molecule has 0 saturated carbocycles. The molecule has 7 heteroatoms. The number of hydrogen-bond donors (Lipinski definition) is 0. The summed E-state index contributed by atoms with van der Waals surface area (Å²) in [6, 6.07) is 5.74. The Labute approximate surface area is 99.4 Å². The van der Waals surface area contributed by atoms with Gasteiger partial charge in [-0.1, -0.05) is 12.1 Å². The van der Waals surface area contributed by atoms with E-state index in [1.807, 2.05) is 0 Å². The highest BCUT2D eigenvalue weighted by Crippen LogP contribution is 2.26. The average molecular weight is 251 g/mol. The van der Waals surface area contributed by atoms with Gasteiger partial charge in [-0.15, -0.1) is 0 Å². The Balaban J connectivity index is 2.14. The molecule has 0 N–H and O–H groups in total. The van der Waals surface area contributed by atoms with Gasteiger partial charge in [-0.05, 0) is 29.0 Å². The van der Waals surface area contributed by atoms with E-state index in [9.17, 15) is 14.5 Å². The number of hydrogen-bond acceptors (Lipinski definition) is 5. The summed E-state index contributed by atoms with van der Waals surface area (Å²) in [7, 11) is 0. The molecule has 0 fully saturated rings. The second kappa shape index (κ2) is 4.79. The van der Waals surface area contributed by atoms with Crippen molar-refractivity contribution in [2.75, 3.05) is 0 Å². The highest BCUT2D eigenvalue weighted by atomic mass is 32.1. The molecule has 2 aromatic rings. The van der Waals surface area contributed by atoms with Crippen molar-refractivity contribution in [3.8, 4) is 0 Å². The number of aliphatic imine (C=N–C) groups is 1. The van der Waals surface area contributed by atoms with E-state index < -0.39 is 4.92 Å². The van der Waals surface area contributed by atoms with Crippen LogP contribution in [0, 0.1) is 15.9 Å². The SMILES string of the molecule is O=[N+]([O-])c1cnc(/N=C\c2ccc(F)cc2)s1. The number of nitro groups is 1. The lowest BCUT2D eigenvalue weighted by molar-refractivity contribution is -0.380. The van der Waals surface area contributed by atoms with Gasteiger partial charge in [0.05, 0.1) is 4.92 Å². The quantitative estimate of drug-likeness (QED) is 0.478. The van der Waals surface area contributed by atoms with E-state index in [-0.39, 0.29) is 10.8 Å². The molecule has 0 unspecified atom stereocenters. The molecule has 1 aromatic heterocycles. The van der Waals surface area contributed by atoms with Crippen molar-refractivity contribution in [3.63, 3.8) is 0 Å². The first-order valence-corrected chi connectivity index (χ1v) is 5.36. The molecule has 0 atom stereocenters. The molecule has 0 aliphatic rings. The van der Waals surface area contributed by atoms with Crippen LogP contribution in [0.4, 0.5) is 14.5 Å². The van der Waals surface area contributed by atoms with Crippen LogP contribution in [-0.4, -0.2) is 16.1 Å². The number of benzene rings is 1. The lowest BCUT2D eigenvalue weighted by atomic mass is 10.2. The largest absolute Gasteiger partial charge is 0.345 e. The van der Waals surface area contributed by atoms with Crippen molar-refractivity contribution in [1.82, 2.24) is 4.98 Å². The van der Waals surface area contributed by atoms with Crippen molar-refractivity contribution >= 4 is 27.7 Å². The zero-order valence-corrected chi connectivity index (χ0v) is 9.22. The molecule has 5 nitrogen and oxygen atoms in total. The van der Waals surface area contributed by atoms with Crippen LogP contribution in [0.1, 0.15) is 5.56 Å². The summed E-state index contributed by atoms with van der Waals surface area (Å²) in [5, 5.41) is 10.6. The molecule has 0 aliphatic carbocycles. The van der Waals surface area contributed by atoms with Crippen LogP contribution in [0.2, 0.25) is 0 Å². The maximum atomic E-state index is 12.6. The van der Waals surface area contributed by atoms with Crippen LogP contribution in [0.25, 0.3) is 0 Å². The minimum absolute atomic E-state index is 0.0590. The van der Waals surface area contributed by atoms with E-state index >= 15 is 0 Å². The van der Waals surface area contributed by atoms with Crippen LogP contribution in [0.15, 0.2) is 35.5 Å². The highest BCUT2D eigenvalue weighted by molar-refractivity contribution is 7.18. The van der Waals surface area contributed by atoms with Crippen LogP contribution >= 0.6 is 11.3 Å². The predicted octanol–water partition coefficient (Wildman–Crippen LogP) is 2.94. The van der Waals surface area contributed by atoms with E-state index in [2.05, 4.69) is 9.98 Å². The molecule has 0 bridgehead atoms. The lowest BCUT2D eigenvalue weighted by Crippen LogP contribution is -1.80. The number of aromatic nitrogens is 1. The molecule has 0 aliphatic heterocycles. The van der Waals surface area contributed by atoms with Gasteiger partial charge in [0.1, 0.15) is 12.0 Å².